The van der Waals surface area contributed by atoms with Crippen LogP contribution in [0, 0.1) is 0 Å². The van der Waals surface area contributed by atoms with Gasteiger partial charge in [0.1, 0.15) is 0 Å². The minimum Gasteiger partial charge on any atom is -0.378 e. The molecular formula is C8H9NO2. The van der Waals surface area contributed by atoms with E-state index in [4.69, 9.17) is 4.74 Å². The molecule has 0 saturated heterocycles. The lowest BCUT2D eigenvalue weighted by Gasteiger charge is -1.99. The molecule has 0 radical (unpaired) electrons. The van der Waals surface area contributed by atoms with Gasteiger partial charge in [-0.25, -0.2) is 0 Å². The second-order valence-electron chi connectivity index (χ2n) is 2.09. The van der Waals surface area contributed by atoms with Gasteiger partial charge in [0.2, 0.25) is 0 Å². The molecule has 0 aromatic carbocycles. The monoisotopic (exact) mass is 151 g/mol. The Balaban J connectivity index is 2.92. The maximum absolute atomic E-state index is 10.4. The van der Waals surface area contributed by atoms with Crippen LogP contribution >= 0.6 is 0 Å². The Labute approximate surface area is 65.0 Å². The molecule has 0 N–H and O–H groups in total. The van der Waals surface area contributed by atoms with E-state index in [1.165, 1.54) is 0 Å². The van der Waals surface area contributed by atoms with Crippen molar-refractivity contribution in [1.82, 2.24) is 4.98 Å². The van der Waals surface area contributed by atoms with E-state index in [0.29, 0.717) is 17.9 Å². The van der Waals surface area contributed by atoms with Crippen LogP contribution in [-0.4, -0.2) is 18.4 Å². The van der Waals surface area contributed by atoms with Crippen LogP contribution in [0.4, 0.5) is 0 Å². The maximum atomic E-state index is 10.4. The van der Waals surface area contributed by atoms with Crippen molar-refractivity contribution in [2.75, 3.05) is 7.11 Å². The molecule has 11 heavy (non-hydrogen) atoms. The normalized spacial score (nSPS) is 9.55. The number of ether oxygens (including phenoxy) is 1. The number of methoxy groups -OCH3 is 1. The Morgan fingerprint density at radius 3 is 3.18 bits per heavy atom. The number of pyridine rings is 1. The average molecular weight is 151 g/mol. The highest BCUT2D eigenvalue weighted by atomic mass is 16.5. The first-order valence-corrected chi connectivity index (χ1v) is 3.26. The second-order valence-corrected chi connectivity index (χ2v) is 2.09. The molecule has 0 amide bonds. The maximum Gasteiger partial charge on any atom is 0.151 e. The van der Waals surface area contributed by atoms with Gasteiger partial charge in [0, 0.05) is 18.9 Å². The smallest absolute Gasteiger partial charge is 0.151 e. The fourth-order valence-electron chi connectivity index (χ4n) is 0.815. The van der Waals surface area contributed by atoms with Crippen LogP contribution in [0.15, 0.2) is 18.3 Å². The molecule has 0 unspecified atom stereocenters. The van der Waals surface area contributed by atoms with Crippen LogP contribution in [0.3, 0.4) is 0 Å². The number of aromatic nitrogens is 1. The zero-order chi connectivity index (χ0) is 8.10. The molecule has 0 fully saturated rings. The van der Waals surface area contributed by atoms with Gasteiger partial charge in [-0.1, -0.05) is 0 Å². The van der Waals surface area contributed by atoms with E-state index in [-0.39, 0.29) is 0 Å². The lowest BCUT2D eigenvalue weighted by Crippen LogP contribution is -1.97. The van der Waals surface area contributed by atoms with Crippen molar-refractivity contribution in [3.8, 4) is 0 Å². The van der Waals surface area contributed by atoms with Gasteiger partial charge < -0.3 is 4.74 Å². The molecule has 3 heteroatoms. The van der Waals surface area contributed by atoms with Crippen molar-refractivity contribution in [3.05, 3.63) is 29.6 Å². The summed E-state index contributed by atoms with van der Waals surface area (Å²) < 4.78 is 4.85. The standard InChI is InChI=1S/C8H9NO2/c1-11-6-8-7(5-10)3-2-4-9-8/h2-5H,6H2,1H3. The highest BCUT2D eigenvalue weighted by Gasteiger charge is 1.99. The van der Waals surface area contributed by atoms with E-state index in [0.717, 1.165) is 6.29 Å². The van der Waals surface area contributed by atoms with Crippen LogP contribution in [0.2, 0.25) is 0 Å². The molecule has 0 atom stereocenters. The molecule has 0 saturated carbocycles. The number of aldehydes is 1. The van der Waals surface area contributed by atoms with Gasteiger partial charge >= 0.3 is 0 Å². The number of nitrogens with zero attached hydrogens (tertiary/aromatic N) is 1. The highest BCUT2D eigenvalue weighted by molar-refractivity contribution is 5.76. The molecule has 0 aliphatic heterocycles. The van der Waals surface area contributed by atoms with Crippen molar-refractivity contribution in [2.24, 2.45) is 0 Å². The van der Waals surface area contributed by atoms with Gasteiger partial charge in [0.15, 0.2) is 6.29 Å². The molecule has 0 bridgehead atoms. The number of hydrogen-bond acceptors (Lipinski definition) is 3. The molecule has 0 aliphatic rings. The van der Waals surface area contributed by atoms with Gasteiger partial charge in [-0.2, -0.15) is 0 Å². The molecule has 3 nitrogen and oxygen atoms in total. The summed E-state index contributed by atoms with van der Waals surface area (Å²) in [5.41, 5.74) is 1.28. The molecule has 1 rings (SSSR count). The summed E-state index contributed by atoms with van der Waals surface area (Å²) in [6.45, 7) is 0.384. The van der Waals surface area contributed by atoms with Crippen molar-refractivity contribution in [1.29, 1.82) is 0 Å². The SMILES string of the molecule is COCc1ncccc1C=O. The summed E-state index contributed by atoms with van der Waals surface area (Å²) >= 11 is 0. The van der Waals surface area contributed by atoms with Gasteiger partial charge in [0.25, 0.3) is 0 Å². The van der Waals surface area contributed by atoms with Crippen LogP contribution in [-0.2, 0) is 11.3 Å². The third-order valence-corrected chi connectivity index (χ3v) is 1.33. The van der Waals surface area contributed by atoms with E-state index in [1.54, 1.807) is 25.4 Å². The molecular weight excluding hydrogens is 142 g/mol. The van der Waals surface area contributed by atoms with Crippen LogP contribution in [0.5, 0.6) is 0 Å². The van der Waals surface area contributed by atoms with Gasteiger partial charge in [-0.3, -0.25) is 9.78 Å². The van der Waals surface area contributed by atoms with E-state index in [9.17, 15) is 4.79 Å². The second kappa shape index (κ2) is 3.83. The summed E-state index contributed by atoms with van der Waals surface area (Å²) in [6, 6.07) is 3.44. The van der Waals surface area contributed by atoms with E-state index in [1.807, 2.05) is 0 Å². The third kappa shape index (κ3) is 1.85. The predicted molar refractivity (Wildman–Crippen MR) is 40.3 cm³/mol. The number of carbonyl (C=O) groups excluding carboxylic acids is 1. The molecule has 0 aliphatic carbocycles. The summed E-state index contributed by atoms with van der Waals surface area (Å²) in [6.07, 6.45) is 2.42. The highest BCUT2D eigenvalue weighted by Crippen LogP contribution is 2.02. The lowest BCUT2D eigenvalue weighted by molar-refractivity contribution is 0.111. The van der Waals surface area contributed by atoms with E-state index < -0.39 is 0 Å². The molecule has 0 spiro atoms. The van der Waals surface area contributed by atoms with E-state index in [2.05, 4.69) is 4.98 Å². The van der Waals surface area contributed by atoms with Crippen molar-refractivity contribution in [2.45, 2.75) is 6.61 Å². The summed E-state index contributed by atoms with van der Waals surface area (Å²) in [7, 11) is 1.57. The molecule has 1 aromatic heterocycles. The fourth-order valence-corrected chi connectivity index (χ4v) is 0.815. The Morgan fingerprint density at radius 1 is 1.73 bits per heavy atom. The Morgan fingerprint density at radius 2 is 2.55 bits per heavy atom. The first-order valence-electron chi connectivity index (χ1n) is 3.26. The zero-order valence-corrected chi connectivity index (χ0v) is 6.28. The number of rotatable bonds is 3. The molecule has 1 aromatic rings. The van der Waals surface area contributed by atoms with Crippen molar-refractivity contribution < 1.29 is 9.53 Å². The quantitative estimate of drug-likeness (QED) is 0.606. The third-order valence-electron chi connectivity index (χ3n) is 1.33. The summed E-state index contributed by atoms with van der Waals surface area (Å²) in [5.74, 6) is 0. The van der Waals surface area contributed by atoms with Crippen LogP contribution < -0.4 is 0 Å². The Hall–Kier alpha value is -1.22. The first kappa shape index (κ1) is 7.88. The van der Waals surface area contributed by atoms with Crippen molar-refractivity contribution >= 4 is 6.29 Å². The Kier molecular flexibility index (Phi) is 2.74. The lowest BCUT2D eigenvalue weighted by atomic mass is 10.2. The average Bonchev–Trinajstić information content (AvgIpc) is 2.06. The number of hydrogen-bond donors (Lipinski definition) is 0. The topological polar surface area (TPSA) is 39.2 Å². The van der Waals surface area contributed by atoms with Crippen LogP contribution in [0.1, 0.15) is 16.1 Å². The molecule has 1 heterocycles. The minimum absolute atomic E-state index is 0.384. The van der Waals surface area contributed by atoms with Gasteiger partial charge in [-0.15, -0.1) is 0 Å². The van der Waals surface area contributed by atoms with Crippen molar-refractivity contribution in [3.63, 3.8) is 0 Å². The van der Waals surface area contributed by atoms with Crippen LogP contribution in [0.25, 0.3) is 0 Å². The van der Waals surface area contributed by atoms with Gasteiger partial charge in [0.05, 0.1) is 12.3 Å². The largest absolute Gasteiger partial charge is 0.378 e. The summed E-state index contributed by atoms with van der Waals surface area (Å²) in [4.78, 5) is 14.4. The Bertz CT molecular complexity index is 248. The molecule has 58 valence electrons. The van der Waals surface area contributed by atoms with E-state index >= 15 is 0 Å². The number of carbonyl (C=O) groups is 1. The first-order chi connectivity index (χ1) is 5.38. The summed E-state index contributed by atoms with van der Waals surface area (Å²) in [5, 5.41) is 0. The predicted octanol–water partition coefficient (Wildman–Crippen LogP) is 1.04. The zero-order valence-electron chi connectivity index (χ0n) is 6.28. The fraction of sp³-hybridized carbons (Fsp3) is 0.250. The minimum atomic E-state index is 0.384. The van der Waals surface area contributed by atoms with Gasteiger partial charge in [-0.05, 0) is 12.1 Å².